The molecule has 5 aromatic carbocycles. The first kappa shape index (κ1) is 18.0. The van der Waals surface area contributed by atoms with Crippen LogP contribution in [0.2, 0.25) is 0 Å². The maximum absolute atomic E-state index is 4.74. The smallest absolute Gasteiger partial charge is 0.0708 e. The van der Waals surface area contributed by atoms with E-state index in [4.69, 9.17) is 9.98 Å². The second-order valence-electron chi connectivity index (χ2n) is 7.18. The molecule has 0 bridgehead atoms. The van der Waals surface area contributed by atoms with Gasteiger partial charge >= 0.3 is 0 Å². The van der Waals surface area contributed by atoms with Crippen molar-refractivity contribution in [1.29, 1.82) is 0 Å². The predicted octanol–water partition coefficient (Wildman–Crippen LogP) is 7.49. The normalized spacial score (nSPS) is 11.7. The molecule has 30 heavy (non-hydrogen) atoms. The largest absolute Gasteiger partial charge is 0.256 e. The first-order valence-electron chi connectivity index (χ1n) is 10.0. The summed E-state index contributed by atoms with van der Waals surface area (Å²) in [6.45, 7) is 0. The van der Waals surface area contributed by atoms with E-state index >= 15 is 0 Å². The van der Waals surface area contributed by atoms with Crippen LogP contribution < -0.4 is 0 Å². The summed E-state index contributed by atoms with van der Waals surface area (Å²) in [6.07, 6.45) is 3.83. The molecule has 0 aliphatic heterocycles. The van der Waals surface area contributed by atoms with E-state index in [1.54, 1.807) is 0 Å². The van der Waals surface area contributed by atoms with Gasteiger partial charge in [0.1, 0.15) is 0 Å². The van der Waals surface area contributed by atoms with Gasteiger partial charge in [-0.2, -0.15) is 0 Å². The number of fused-ring (bicyclic) bond motifs is 2. The fraction of sp³-hybridized carbons (Fsp3) is 0. The van der Waals surface area contributed by atoms with Crippen LogP contribution in [0.25, 0.3) is 21.5 Å². The van der Waals surface area contributed by atoms with E-state index in [9.17, 15) is 0 Å². The molecule has 0 radical (unpaired) electrons. The molecule has 2 heteroatoms. The molecule has 0 heterocycles. The summed E-state index contributed by atoms with van der Waals surface area (Å²) >= 11 is 0. The third kappa shape index (κ3) is 3.76. The molecule has 0 aromatic heterocycles. The highest BCUT2D eigenvalue weighted by molar-refractivity contribution is 5.97. The third-order valence-corrected chi connectivity index (χ3v) is 5.15. The second-order valence-corrected chi connectivity index (χ2v) is 7.18. The van der Waals surface area contributed by atoms with Crippen molar-refractivity contribution < 1.29 is 0 Å². The fourth-order valence-electron chi connectivity index (χ4n) is 3.65. The lowest BCUT2D eigenvalue weighted by atomic mass is 10.1. The van der Waals surface area contributed by atoms with E-state index in [-0.39, 0.29) is 0 Å². The van der Waals surface area contributed by atoms with Crippen molar-refractivity contribution in [2.75, 3.05) is 0 Å². The van der Waals surface area contributed by atoms with Crippen LogP contribution in [-0.2, 0) is 0 Å². The number of nitrogens with zero attached hydrogens (tertiary/aromatic N) is 2. The molecule has 2 nitrogen and oxygen atoms in total. The van der Waals surface area contributed by atoms with Crippen LogP contribution in [0.1, 0.15) is 11.1 Å². The van der Waals surface area contributed by atoms with E-state index < -0.39 is 0 Å². The molecule has 0 fully saturated rings. The van der Waals surface area contributed by atoms with E-state index in [1.165, 1.54) is 10.8 Å². The number of hydrogen-bond acceptors (Lipinski definition) is 2. The van der Waals surface area contributed by atoms with Crippen molar-refractivity contribution in [2.45, 2.75) is 0 Å². The molecule has 0 spiro atoms. The minimum atomic E-state index is 0.975. The lowest BCUT2D eigenvalue weighted by molar-refractivity contribution is 1.54. The van der Waals surface area contributed by atoms with Crippen molar-refractivity contribution in [1.82, 2.24) is 0 Å². The topological polar surface area (TPSA) is 24.7 Å². The molecule has 0 unspecified atom stereocenters. The van der Waals surface area contributed by atoms with Crippen molar-refractivity contribution in [3.63, 3.8) is 0 Å². The van der Waals surface area contributed by atoms with Gasteiger partial charge in [-0.05, 0) is 40.1 Å². The van der Waals surface area contributed by atoms with Crippen LogP contribution >= 0.6 is 0 Å². The molecule has 0 saturated carbocycles. The Bertz CT molecular complexity index is 1280. The lowest BCUT2D eigenvalue weighted by Gasteiger charge is -2.02. The van der Waals surface area contributed by atoms with Crippen LogP contribution in [0.15, 0.2) is 119 Å². The number of aliphatic imine (C=N–C) groups is 2. The minimum absolute atomic E-state index is 0.975. The SMILES string of the molecule is C(=Nc1cccc2ccccc12)c1cccc(C=Nc2cccc3ccccc23)c1. The van der Waals surface area contributed by atoms with Crippen LogP contribution in [0.3, 0.4) is 0 Å². The van der Waals surface area contributed by atoms with Crippen molar-refractivity contribution in [2.24, 2.45) is 9.98 Å². The zero-order valence-corrected chi connectivity index (χ0v) is 16.4. The Morgan fingerprint density at radius 2 is 0.867 bits per heavy atom. The van der Waals surface area contributed by atoms with Gasteiger partial charge in [-0.3, -0.25) is 9.98 Å². The summed E-state index contributed by atoms with van der Waals surface area (Å²) in [7, 11) is 0. The number of hydrogen-bond donors (Lipinski definition) is 0. The summed E-state index contributed by atoms with van der Waals surface area (Å²) in [5, 5.41) is 4.71. The summed E-state index contributed by atoms with van der Waals surface area (Å²) in [5.41, 5.74) is 4.04. The average Bonchev–Trinajstić information content (AvgIpc) is 2.81. The highest BCUT2D eigenvalue weighted by atomic mass is 14.7. The summed E-state index contributed by atoms with van der Waals surface area (Å²) < 4.78 is 0. The average molecular weight is 384 g/mol. The Kier molecular flexibility index (Phi) is 4.89. The third-order valence-electron chi connectivity index (χ3n) is 5.15. The molecule has 0 aliphatic rings. The Morgan fingerprint density at radius 1 is 0.433 bits per heavy atom. The van der Waals surface area contributed by atoms with Gasteiger partial charge in [0.2, 0.25) is 0 Å². The molecule has 0 amide bonds. The van der Waals surface area contributed by atoms with Crippen molar-refractivity contribution in [3.05, 3.63) is 120 Å². The standard InChI is InChI=1S/C28H20N2/c1-3-14-25-23(10-1)12-6-16-27(25)29-19-21-8-5-9-22(18-21)20-30-28-17-7-13-24-11-2-4-15-26(24)28/h1-20H. The molecular formula is C28H20N2. The lowest BCUT2D eigenvalue weighted by Crippen LogP contribution is -1.86. The van der Waals surface area contributed by atoms with E-state index in [0.29, 0.717) is 0 Å². The first-order valence-corrected chi connectivity index (χ1v) is 10.0. The van der Waals surface area contributed by atoms with E-state index in [2.05, 4.69) is 66.7 Å². The Labute approximate surface area is 175 Å². The van der Waals surface area contributed by atoms with Crippen LogP contribution in [-0.4, -0.2) is 12.4 Å². The second kappa shape index (κ2) is 8.14. The summed E-state index contributed by atoms with van der Waals surface area (Å²) in [6, 6.07) is 37.3. The number of rotatable bonds is 4. The maximum Gasteiger partial charge on any atom is 0.0708 e. The summed E-state index contributed by atoms with van der Waals surface area (Å²) in [5.74, 6) is 0. The van der Waals surface area contributed by atoms with Crippen molar-refractivity contribution in [3.8, 4) is 0 Å². The zero-order valence-electron chi connectivity index (χ0n) is 16.4. The van der Waals surface area contributed by atoms with Gasteiger partial charge in [0.25, 0.3) is 0 Å². The highest BCUT2D eigenvalue weighted by Crippen LogP contribution is 2.26. The molecule has 0 N–H and O–H groups in total. The molecule has 5 aromatic rings. The molecule has 0 aliphatic carbocycles. The molecule has 142 valence electrons. The molecular weight excluding hydrogens is 364 g/mol. The van der Waals surface area contributed by atoms with Gasteiger partial charge in [0.05, 0.1) is 11.4 Å². The van der Waals surface area contributed by atoms with Crippen LogP contribution in [0, 0.1) is 0 Å². The summed E-state index contributed by atoms with van der Waals surface area (Å²) in [4.78, 5) is 9.47. The molecule has 0 atom stereocenters. The highest BCUT2D eigenvalue weighted by Gasteiger charge is 1.99. The van der Waals surface area contributed by atoms with Crippen molar-refractivity contribution >= 4 is 45.3 Å². The van der Waals surface area contributed by atoms with Gasteiger partial charge in [0, 0.05) is 23.2 Å². The van der Waals surface area contributed by atoms with Crippen LogP contribution in [0.4, 0.5) is 11.4 Å². The van der Waals surface area contributed by atoms with E-state index in [1.807, 2.05) is 54.9 Å². The van der Waals surface area contributed by atoms with Gasteiger partial charge in [-0.15, -0.1) is 0 Å². The molecule has 0 saturated heterocycles. The Morgan fingerprint density at radius 3 is 1.40 bits per heavy atom. The molecule has 5 rings (SSSR count). The zero-order chi connectivity index (χ0) is 20.2. The quantitative estimate of drug-likeness (QED) is 0.287. The minimum Gasteiger partial charge on any atom is -0.256 e. The van der Waals surface area contributed by atoms with Crippen LogP contribution in [0.5, 0.6) is 0 Å². The van der Waals surface area contributed by atoms with Gasteiger partial charge in [-0.1, -0.05) is 91.0 Å². The monoisotopic (exact) mass is 384 g/mol. The van der Waals surface area contributed by atoms with E-state index in [0.717, 1.165) is 33.3 Å². The fourth-order valence-corrected chi connectivity index (χ4v) is 3.65. The van der Waals surface area contributed by atoms with Gasteiger partial charge in [-0.25, -0.2) is 0 Å². The number of benzene rings is 5. The van der Waals surface area contributed by atoms with Gasteiger partial charge < -0.3 is 0 Å². The maximum atomic E-state index is 4.74. The first-order chi connectivity index (χ1) is 14.9. The van der Waals surface area contributed by atoms with Gasteiger partial charge in [0.15, 0.2) is 0 Å². The predicted molar refractivity (Wildman–Crippen MR) is 129 cm³/mol. The Balaban J connectivity index is 1.43. The Hall–Kier alpha value is -4.04.